The highest BCUT2D eigenvalue weighted by Crippen LogP contribution is 2.30. The molecule has 0 aromatic heterocycles. The number of rotatable bonds is 7. The van der Waals surface area contributed by atoms with Crippen LogP contribution in [0.25, 0.3) is 0 Å². The van der Waals surface area contributed by atoms with Gasteiger partial charge in [0.1, 0.15) is 0 Å². The van der Waals surface area contributed by atoms with Crippen LogP contribution in [0.15, 0.2) is 42.2 Å². The lowest BCUT2D eigenvalue weighted by Crippen LogP contribution is -2.50. The number of hydrogen-bond acceptors (Lipinski definition) is 4. The number of carbonyl (C=O) groups excluding carboxylic acids is 1. The Labute approximate surface area is 151 Å². The van der Waals surface area contributed by atoms with E-state index in [1.807, 2.05) is 30.3 Å². The van der Waals surface area contributed by atoms with Crippen LogP contribution in [0.4, 0.5) is 0 Å². The third kappa shape index (κ3) is 4.59. The van der Waals surface area contributed by atoms with Gasteiger partial charge in [0.05, 0.1) is 31.6 Å². The molecule has 1 unspecified atom stereocenters. The third-order valence-electron chi connectivity index (χ3n) is 4.01. The lowest BCUT2D eigenvalue weighted by Gasteiger charge is -2.32. The average Bonchev–Trinajstić information content (AvgIpc) is 2.86. The number of aliphatic hydroxyl groups is 1. The summed E-state index contributed by atoms with van der Waals surface area (Å²) in [5.74, 6) is -1.86. The molecule has 0 aliphatic carbocycles. The molecule has 0 spiro atoms. The van der Waals surface area contributed by atoms with E-state index in [9.17, 15) is 9.90 Å². The SMILES string of the molecule is CO/C=C(\CCCBr)C(=O)N1[C@@H](Cc2ccccc2)COC1(C)O. The minimum atomic E-state index is -1.61. The van der Waals surface area contributed by atoms with Gasteiger partial charge in [-0.3, -0.25) is 9.69 Å². The van der Waals surface area contributed by atoms with Gasteiger partial charge in [0.2, 0.25) is 5.91 Å². The monoisotopic (exact) mass is 397 g/mol. The summed E-state index contributed by atoms with van der Waals surface area (Å²) in [6.45, 7) is 1.80. The number of hydrogen-bond donors (Lipinski definition) is 1. The maximum atomic E-state index is 13.0. The number of benzene rings is 1. The molecule has 2 rings (SSSR count). The van der Waals surface area contributed by atoms with Crippen molar-refractivity contribution in [2.75, 3.05) is 19.0 Å². The van der Waals surface area contributed by atoms with Gasteiger partial charge >= 0.3 is 0 Å². The molecule has 1 aromatic carbocycles. The molecule has 1 aromatic rings. The molecule has 24 heavy (non-hydrogen) atoms. The van der Waals surface area contributed by atoms with E-state index in [-0.39, 0.29) is 11.9 Å². The standard InChI is InChI=1S/C18H24BrNO4/c1-18(22)20(17(21)15(12-23-2)9-6-10-19)16(13-24-18)11-14-7-4-3-5-8-14/h3-5,7-8,12,16,22H,6,9-11,13H2,1-2H3/b15-12+/t16-,18?/m0/s1. The maximum Gasteiger partial charge on any atom is 0.257 e. The van der Waals surface area contributed by atoms with Gasteiger partial charge in [-0.1, -0.05) is 46.3 Å². The van der Waals surface area contributed by atoms with E-state index in [0.717, 1.165) is 17.3 Å². The van der Waals surface area contributed by atoms with E-state index in [0.29, 0.717) is 25.0 Å². The zero-order valence-corrected chi connectivity index (χ0v) is 15.7. The first-order valence-electron chi connectivity index (χ1n) is 8.01. The molecule has 0 radical (unpaired) electrons. The van der Waals surface area contributed by atoms with Gasteiger partial charge in [-0.2, -0.15) is 0 Å². The van der Waals surface area contributed by atoms with Crippen molar-refractivity contribution >= 4 is 21.8 Å². The first-order chi connectivity index (χ1) is 11.5. The summed E-state index contributed by atoms with van der Waals surface area (Å²) in [6.07, 6.45) is 3.46. The second-order valence-electron chi connectivity index (χ2n) is 5.93. The predicted molar refractivity (Wildman–Crippen MR) is 95.5 cm³/mol. The second-order valence-corrected chi connectivity index (χ2v) is 6.73. The number of ether oxygens (including phenoxy) is 2. The predicted octanol–water partition coefficient (Wildman–Crippen LogP) is 2.83. The lowest BCUT2D eigenvalue weighted by molar-refractivity contribution is -0.228. The average molecular weight is 398 g/mol. The van der Waals surface area contributed by atoms with Crippen LogP contribution in [0, 0.1) is 0 Å². The van der Waals surface area contributed by atoms with Crippen molar-refractivity contribution in [1.82, 2.24) is 4.90 Å². The van der Waals surface area contributed by atoms with Gasteiger partial charge in [0, 0.05) is 12.3 Å². The van der Waals surface area contributed by atoms with Crippen LogP contribution in [-0.4, -0.2) is 46.9 Å². The van der Waals surface area contributed by atoms with E-state index < -0.39 is 5.91 Å². The summed E-state index contributed by atoms with van der Waals surface area (Å²) < 4.78 is 10.5. The van der Waals surface area contributed by atoms with Crippen LogP contribution < -0.4 is 0 Å². The highest BCUT2D eigenvalue weighted by molar-refractivity contribution is 9.09. The summed E-state index contributed by atoms with van der Waals surface area (Å²) in [5, 5.41) is 11.3. The third-order valence-corrected chi connectivity index (χ3v) is 4.57. The minimum absolute atomic E-state index is 0.223. The quantitative estimate of drug-likeness (QED) is 0.436. The Morgan fingerprint density at radius 1 is 1.50 bits per heavy atom. The number of halogens is 1. The Bertz CT molecular complexity index is 574. The van der Waals surface area contributed by atoms with Gasteiger partial charge in [0.15, 0.2) is 0 Å². The van der Waals surface area contributed by atoms with E-state index in [1.165, 1.54) is 25.2 Å². The highest BCUT2D eigenvalue weighted by Gasteiger charge is 2.46. The fraction of sp³-hybridized carbons (Fsp3) is 0.500. The molecular formula is C18H24BrNO4. The molecule has 5 nitrogen and oxygen atoms in total. The number of nitrogens with zero attached hydrogens (tertiary/aromatic N) is 1. The van der Waals surface area contributed by atoms with Gasteiger partial charge in [-0.05, 0) is 24.8 Å². The maximum absolute atomic E-state index is 13.0. The largest absolute Gasteiger partial charge is 0.504 e. The van der Waals surface area contributed by atoms with Crippen molar-refractivity contribution in [3.8, 4) is 0 Å². The first-order valence-corrected chi connectivity index (χ1v) is 9.13. The van der Waals surface area contributed by atoms with Crippen LogP contribution in [0.2, 0.25) is 0 Å². The molecule has 1 amide bonds. The van der Waals surface area contributed by atoms with Gasteiger partial charge < -0.3 is 14.6 Å². The Hall–Kier alpha value is -1.37. The molecule has 6 heteroatoms. The molecule has 1 aliphatic rings. The molecule has 1 saturated heterocycles. The second kappa shape index (κ2) is 8.65. The number of amides is 1. The summed E-state index contributed by atoms with van der Waals surface area (Å²) >= 11 is 3.37. The molecule has 0 bridgehead atoms. The van der Waals surface area contributed by atoms with E-state index in [1.54, 1.807) is 0 Å². The fourth-order valence-electron chi connectivity index (χ4n) is 2.90. The van der Waals surface area contributed by atoms with E-state index in [4.69, 9.17) is 9.47 Å². The van der Waals surface area contributed by atoms with E-state index in [2.05, 4.69) is 15.9 Å². The Kier molecular flexibility index (Phi) is 6.83. The minimum Gasteiger partial charge on any atom is -0.504 e. The van der Waals surface area contributed by atoms with Gasteiger partial charge in [0.25, 0.3) is 5.91 Å². The van der Waals surface area contributed by atoms with Crippen molar-refractivity contribution in [3.05, 3.63) is 47.7 Å². The lowest BCUT2D eigenvalue weighted by atomic mass is 10.0. The smallest absolute Gasteiger partial charge is 0.257 e. The van der Waals surface area contributed by atoms with Gasteiger partial charge in [-0.15, -0.1) is 0 Å². The van der Waals surface area contributed by atoms with Crippen LogP contribution >= 0.6 is 15.9 Å². The normalized spacial score (nSPS) is 24.2. The molecule has 2 atom stereocenters. The van der Waals surface area contributed by atoms with Crippen LogP contribution in [0.5, 0.6) is 0 Å². The van der Waals surface area contributed by atoms with E-state index >= 15 is 0 Å². The first kappa shape index (κ1) is 19.0. The molecule has 1 aliphatic heterocycles. The summed E-state index contributed by atoms with van der Waals surface area (Å²) in [6, 6.07) is 9.66. The van der Waals surface area contributed by atoms with Crippen molar-refractivity contribution in [2.45, 2.75) is 38.1 Å². The van der Waals surface area contributed by atoms with Crippen LogP contribution in [0.3, 0.4) is 0 Å². The molecule has 132 valence electrons. The van der Waals surface area contributed by atoms with Crippen LogP contribution in [0.1, 0.15) is 25.3 Å². The molecule has 1 N–H and O–H groups in total. The summed E-state index contributed by atoms with van der Waals surface area (Å²) in [7, 11) is 1.52. The molecular weight excluding hydrogens is 374 g/mol. The Balaban J connectivity index is 2.21. The van der Waals surface area contributed by atoms with Crippen molar-refractivity contribution in [3.63, 3.8) is 0 Å². The topological polar surface area (TPSA) is 59.0 Å². The van der Waals surface area contributed by atoms with Crippen molar-refractivity contribution < 1.29 is 19.4 Å². The molecule has 1 heterocycles. The van der Waals surface area contributed by atoms with Crippen molar-refractivity contribution in [1.29, 1.82) is 0 Å². The Morgan fingerprint density at radius 3 is 2.83 bits per heavy atom. The number of methoxy groups -OCH3 is 1. The fourth-order valence-corrected chi connectivity index (χ4v) is 3.18. The number of alkyl halides is 1. The van der Waals surface area contributed by atoms with Gasteiger partial charge in [-0.25, -0.2) is 0 Å². The molecule has 0 saturated carbocycles. The molecule has 1 fully saturated rings. The van der Waals surface area contributed by atoms with Crippen molar-refractivity contribution in [2.24, 2.45) is 0 Å². The highest BCUT2D eigenvalue weighted by atomic mass is 79.9. The zero-order valence-electron chi connectivity index (χ0n) is 14.1. The summed E-state index contributed by atoms with van der Waals surface area (Å²) in [5.41, 5.74) is 1.63. The van der Waals surface area contributed by atoms with Crippen LogP contribution in [-0.2, 0) is 20.7 Å². The summed E-state index contributed by atoms with van der Waals surface area (Å²) in [4.78, 5) is 14.4. The number of carbonyl (C=O) groups is 1. The Morgan fingerprint density at radius 2 is 2.21 bits per heavy atom. The zero-order chi connectivity index (χ0) is 17.6.